The lowest BCUT2D eigenvalue weighted by molar-refractivity contribution is 0.102. The molecular formula is C13H7Br2F2NO2. The molecule has 2 aromatic carbocycles. The van der Waals surface area contributed by atoms with Gasteiger partial charge >= 0.3 is 0 Å². The molecule has 3 nitrogen and oxygen atoms in total. The molecule has 0 atom stereocenters. The normalized spacial score (nSPS) is 10.4. The van der Waals surface area contributed by atoms with Crippen LogP contribution in [0.3, 0.4) is 0 Å². The van der Waals surface area contributed by atoms with Crippen LogP contribution in [0.2, 0.25) is 0 Å². The average molecular weight is 407 g/mol. The summed E-state index contributed by atoms with van der Waals surface area (Å²) in [6.07, 6.45) is 0. The molecule has 1 amide bonds. The van der Waals surface area contributed by atoms with Crippen molar-refractivity contribution in [2.45, 2.75) is 0 Å². The number of rotatable bonds is 2. The highest BCUT2D eigenvalue weighted by Crippen LogP contribution is 2.26. The van der Waals surface area contributed by atoms with E-state index in [4.69, 9.17) is 0 Å². The third kappa shape index (κ3) is 3.16. The van der Waals surface area contributed by atoms with E-state index in [1.807, 2.05) is 0 Å². The van der Waals surface area contributed by atoms with Gasteiger partial charge in [0.1, 0.15) is 17.4 Å². The molecule has 0 radical (unpaired) electrons. The number of anilines is 1. The van der Waals surface area contributed by atoms with Crippen molar-refractivity contribution in [1.82, 2.24) is 0 Å². The molecule has 0 bridgehead atoms. The van der Waals surface area contributed by atoms with Gasteiger partial charge in [-0.25, -0.2) is 8.78 Å². The molecule has 0 aromatic heterocycles. The van der Waals surface area contributed by atoms with E-state index in [-0.39, 0.29) is 21.5 Å². The van der Waals surface area contributed by atoms with Gasteiger partial charge in [-0.1, -0.05) is 15.9 Å². The number of phenolic OH excluding ortho intramolecular Hbond substituents is 1. The predicted molar refractivity (Wildman–Crippen MR) is 77.8 cm³/mol. The zero-order valence-electron chi connectivity index (χ0n) is 9.75. The molecule has 0 aliphatic heterocycles. The van der Waals surface area contributed by atoms with Gasteiger partial charge in [-0.3, -0.25) is 4.79 Å². The van der Waals surface area contributed by atoms with Crippen molar-refractivity contribution < 1.29 is 18.7 Å². The maximum atomic E-state index is 13.6. The summed E-state index contributed by atoms with van der Waals surface area (Å²) in [6, 6.07) is 6.00. The minimum Gasteiger partial charge on any atom is -0.507 e. The molecular weight excluding hydrogens is 400 g/mol. The molecule has 20 heavy (non-hydrogen) atoms. The molecule has 0 aliphatic rings. The smallest absolute Gasteiger partial charge is 0.259 e. The summed E-state index contributed by atoms with van der Waals surface area (Å²) in [6.45, 7) is 0. The number of nitrogens with one attached hydrogen (secondary N) is 1. The van der Waals surface area contributed by atoms with Crippen molar-refractivity contribution >= 4 is 43.5 Å². The van der Waals surface area contributed by atoms with Gasteiger partial charge < -0.3 is 10.4 Å². The van der Waals surface area contributed by atoms with Crippen LogP contribution in [0.15, 0.2) is 39.3 Å². The highest BCUT2D eigenvalue weighted by molar-refractivity contribution is 9.10. The second kappa shape index (κ2) is 5.88. The standard InChI is InChI=1S/C13H7Br2F2NO2/c14-6-1-2-7(12(19)3-6)13(20)18-11-5-9(16)8(15)4-10(11)17/h1-5,19H,(H,18,20). The van der Waals surface area contributed by atoms with E-state index in [1.54, 1.807) is 6.07 Å². The first kappa shape index (κ1) is 14.9. The van der Waals surface area contributed by atoms with Crippen molar-refractivity contribution in [3.8, 4) is 5.75 Å². The van der Waals surface area contributed by atoms with Crippen LogP contribution in [0.4, 0.5) is 14.5 Å². The van der Waals surface area contributed by atoms with Crippen molar-refractivity contribution in [2.75, 3.05) is 5.32 Å². The Balaban J connectivity index is 2.30. The first-order chi connectivity index (χ1) is 9.38. The van der Waals surface area contributed by atoms with Crippen LogP contribution in [0.25, 0.3) is 0 Å². The molecule has 2 rings (SSSR count). The molecule has 104 valence electrons. The van der Waals surface area contributed by atoms with Crippen molar-refractivity contribution in [1.29, 1.82) is 0 Å². The van der Waals surface area contributed by atoms with Crippen LogP contribution in [0, 0.1) is 11.6 Å². The van der Waals surface area contributed by atoms with E-state index in [9.17, 15) is 18.7 Å². The topological polar surface area (TPSA) is 49.3 Å². The summed E-state index contributed by atoms with van der Waals surface area (Å²) < 4.78 is 27.5. The number of halogens is 4. The van der Waals surface area contributed by atoms with Crippen LogP contribution in [-0.4, -0.2) is 11.0 Å². The summed E-state index contributed by atoms with van der Waals surface area (Å²) >= 11 is 5.97. The van der Waals surface area contributed by atoms with Gasteiger partial charge in [0.25, 0.3) is 5.91 Å². The fourth-order valence-electron chi connectivity index (χ4n) is 1.50. The minimum atomic E-state index is -0.789. The van der Waals surface area contributed by atoms with Gasteiger partial charge in [0.2, 0.25) is 0 Å². The summed E-state index contributed by atoms with van der Waals surface area (Å²) in [4.78, 5) is 11.9. The molecule has 7 heteroatoms. The number of hydrogen-bond donors (Lipinski definition) is 2. The zero-order chi connectivity index (χ0) is 14.9. The van der Waals surface area contributed by atoms with E-state index < -0.39 is 17.5 Å². The number of benzene rings is 2. The lowest BCUT2D eigenvalue weighted by atomic mass is 10.2. The first-order valence-electron chi connectivity index (χ1n) is 5.33. The molecule has 2 N–H and O–H groups in total. The van der Waals surface area contributed by atoms with Crippen molar-refractivity contribution in [3.63, 3.8) is 0 Å². The molecule has 0 fully saturated rings. The van der Waals surface area contributed by atoms with Crippen molar-refractivity contribution in [3.05, 3.63) is 56.5 Å². The van der Waals surface area contributed by atoms with Crippen LogP contribution in [-0.2, 0) is 0 Å². The van der Waals surface area contributed by atoms with E-state index in [0.717, 1.165) is 12.1 Å². The minimum absolute atomic E-state index is 0.0421. The maximum absolute atomic E-state index is 13.6. The largest absolute Gasteiger partial charge is 0.507 e. The Morgan fingerprint density at radius 1 is 1.10 bits per heavy atom. The second-order valence-corrected chi connectivity index (χ2v) is 5.63. The molecule has 0 saturated heterocycles. The monoisotopic (exact) mass is 405 g/mol. The summed E-state index contributed by atoms with van der Waals surface area (Å²) in [5.74, 6) is -2.50. The van der Waals surface area contributed by atoms with Crippen LogP contribution < -0.4 is 5.32 Å². The molecule has 0 unspecified atom stereocenters. The Kier molecular flexibility index (Phi) is 4.39. The van der Waals surface area contributed by atoms with E-state index >= 15 is 0 Å². The lowest BCUT2D eigenvalue weighted by Crippen LogP contribution is -2.13. The van der Waals surface area contributed by atoms with E-state index in [1.165, 1.54) is 12.1 Å². The highest BCUT2D eigenvalue weighted by atomic mass is 79.9. The number of carbonyl (C=O) groups is 1. The Bertz CT molecular complexity index is 692. The molecule has 0 saturated carbocycles. The van der Waals surface area contributed by atoms with Crippen LogP contribution >= 0.6 is 31.9 Å². The predicted octanol–water partition coefficient (Wildman–Crippen LogP) is 4.45. The van der Waals surface area contributed by atoms with Gasteiger partial charge in [-0.05, 0) is 40.2 Å². The molecule has 0 aliphatic carbocycles. The van der Waals surface area contributed by atoms with Crippen LogP contribution in [0.1, 0.15) is 10.4 Å². The second-order valence-electron chi connectivity index (χ2n) is 3.86. The Hall–Kier alpha value is -1.47. The molecule has 0 heterocycles. The van der Waals surface area contributed by atoms with Gasteiger partial charge in [-0.2, -0.15) is 0 Å². The fourth-order valence-corrected chi connectivity index (χ4v) is 2.17. The third-order valence-corrected chi connectivity index (χ3v) is 3.56. The first-order valence-corrected chi connectivity index (χ1v) is 6.91. The third-order valence-electron chi connectivity index (χ3n) is 2.46. The zero-order valence-corrected chi connectivity index (χ0v) is 12.9. The quantitative estimate of drug-likeness (QED) is 0.724. The fraction of sp³-hybridized carbons (Fsp3) is 0. The average Bonchev–Trinajstić information content (AvgIpc) is 2.35. The SMILES string of the molecule is O=C(Nc1cc(F)c(Br)cc1F)c1ccc(Br)cc1O. The van der Waals surface area contributed by atoms with Gasteiger partial charge in [-0.15, -0.1) is 0 Å². The van der Waals surface area contributed by atoms with E-state index in [0.29, 0.717) is 4.47 Å². The molecule has 2 aromatic rings. The Morgan fingerprint density at radius 2 is 1.80 bits per heavy atom. The summed E-state index contributed by atoms with van der Waals surface area (Å²) in [5, 5.41) is 11.8. The highest BCUT2D eigenvalue weighted by Gasteiger charge is 2.15. The number of phenols is 1. The lowest BCUT2D eigenvalue weighted by Gasteiger charge is -2.09. The van der Waals surface area contributed by atoms with Crippen molar-refractivity contribution in [2.24, 2.45) is 0 Å². The number of hydrogen-bond acceptors (Lipinski definition) is 2. The Labute approximate surface area is 129 Å². The van der Waals surface area contributed by atoms with Crippen LogP contribution in [0.5, 0.6) is 5.75 Å². The number of carbonyl (C=O) groups excluding carboxylic acids is 1. The molecule has 0 spiro atoms. The number of aromatic hydroxyl groups is 1. The van der Waals surface area contributed by atoms with Gasteiger partial charge in [0, 0.05) is 10.5 Å². The number of amides is 1. The Morgan fingerprint density at radius 3 is 2.45 bits per heavy atom. The maximum Gasteiger partial charge on any atom is 0.259 e. The summed E-state index contributed by atoms with van der Waals surface area (Å²) in [5.41, 5.74) is -0.353. The van der Waals surface area contributed by atoms with E-state index in [2.05, 4.69) is 37.2 Å². The van der Waals surface area contributed by atoms with Gasteiger partial charge in [0.05, 0.1) is 15.7 Å². The summed E-state index contributed by atoms with van der Waals surface area (Å²) in [7, 11) is 0. The van der Waals surface area contributed by atoms with Gasteiger partial charge in [0.15, 0.2) is 0 Å².